The van der Waals surface area contributed by atoms with E-state index in [9.17, 15) is 18.0 Å². The second-order valence-corrected chi connectivity index (χ2v) is 4.57. The van der Waals surface area contributed by atoms with Crippen molar-refractivity contribution in [2.24, 2.45) is 0 Å². The number of hydrogen-bond donors (Lipinski definition) is 0. The molecule has 5 nitrogen and oxygen atoms in total. The lowest BCUT2D eigenvalue weighted by atomic mass is 10.4. The quantitative estimate of drug-likeness (QED) is 0.754. The van der Waals surface area contributed by atoms with E-state index in [4.69, 9.17) is 4.74 Å². The lowest BCUT2D eigenvalue weighted by Crippen LogP contribution is -2.31. The van der Waals surface area contributed by atoms with Gasteiger partial charge in [-0.15, -0.1) is 10.2 Å². The third-order valence-corrected chi connectivity index (χ3v) is 3.08. The van der Waals surface area contributed by atoms with Gasteiger partial charge < -0.3 is 9.64 Å². The Morgan fingerprint density at radius 3 is 2.53 bits per heavy atom. The zero-order valence-electron chi connectivity index (χ0n) is 10.5. The molecule has 0 radical (unpaired) electrons. The number of nitrogens with zero attached hydrogens (tertiary/aromatic N) is 3. The predicted octanol–water partition coefficient (Wildman–Crippen LogP) is 2.34. The maximum atomic E-state index is 12.4. The highest BCUT2D eigenvalue weighted by atomic mass is 32.1. The van der Waals surface area contributed by atoms with E-state index in [1.807, 2.05) is 6.92 Å². The van der Waals surface area contributed by atoms with E-state index in [0.29, 0.717) is 24.3 Å². The molecule has 0 amide bonds. The van der Waals surface area contributed by atoms with Gasteiger partial charge >= 0.3 is 12.1 Å². The highest BCUT2D eigenvalue weighted by Crippen LogP contribution is 2.34. The summed E-state index contributed by atoms with van der Waals surface area (Å²) < 4.78 is 42.1. The van der Waals surface area contributed by atoms with Crippen LogP contribution in [0, 0.1) is 0 Å². The van der Waals surface area contributed by atoms with Crippen molar-refractivity contribution in [3.63, 3.8) is 0 Å². The molecule has 0 aliphatic carbocycles. The van der Waals surface area contributed by atoms with Gasteiger partial charge in [-0.3, -0.25) is 4.79 Å². The molecule has 1 aromatic rings. The van der Waals surface area contributed by atoms with Crippen LogP contribution in [0.1, 0.15) is 25.3 Å². The van der Waals surface area contributed by atoms with Gasteiger partial charge in [-0.2, -0.15) is 13.2 Å². The third-order valence-electron chi connectivity index (χ3n) is 2.05. The van der Waals surface area contributed by atoms with E-state index in [1.165, 1.54) is 4.90 Å². The third kappa shape index (κ3) is 4.66. The van der Waals surface area contributed by atoms with E-state index in [0.717, 1.165) is 0 Å². The van der Waals surface area contributed by atoms with Gasteiger partial charge in [0.15, 0.2) is 0 Å². The number of halogens is 3. The van der Waals surface area contributed by atoms with Crippen molar-refractivity contribution >= 4 is 22.4 Å². The molecule has 108 valence electrons. The molecule has 1 rings (SSSR count). The van der Waals surface area contributed by atoms with Crippen molar-refractivity contribution in [1.29, 1.82) is 0 Å². The number of esters is 1. The predicted molar refractivity (Wildman–Crippen MR) is 64.0 cm³/mol. The molecule has 9 heteroatoms. The largest absolute Gasteiger partial charge is 0.465 e. The van der Waals surface area contributed by atoms with Gasteiger partial charge in [0.05, 0.1) is 6.61 Å². The number of alkyl halides is 3. The number of ether oxygens (including phenoxy) is 1. The SMILES string of the molecule is CCCN(CC(=O)OCC)c1nnc(C(F)(F)F)s1. The summed E-state index contributed by atoms with van der Waals surface area (Å²) in [4.78, 5) is 12.8. The average molecular weight is 297 g/mol. The van der Waals surface area contributed by atoms with E-state index in [-0.39, 0.29) is 18.3 Å². The number of rotatable bonds is 6. The molecule has 0 N–H and O–H groups in total. The fraction of sp³-hybridized carbons (Fsp3) is 0.700. The summed E-state index contributed by atoms with van der Waals surface area (Å²) in [5, 5.41) is 5.63. The van der Waals surface area contributed by atoms with Gasteiger partial charge in [0.1, 0.15) is 6.54 Å². The summed E-state index contributed by atoms with van der Waals surface area (Å²) in [5.74, 6) is -0.500. The Hall–Kier alpha value is -1.38. The molecule has 0 aliphatic rings. The number of aromatic nitrogens is 2. The Morgan fingerprint density at radius 1 is 1.37 bits per heavy atom. The van der Waals surface area contributed by atoms with Gasteiger partial charge in [-0.1, -0.05) is 18.3 Å². The molecular formula is C10H14F3N3O2S. The smallest absolute Gasteiger partial charge is 0.445 e. The Bertz CT molecular complexity index is 422. The van der Waals surface area contributed by atoms with Crippen LogP contribution in [-0.2, 0) is 15.7 Å². The molecular weight excluding hydrogens is 283 g/mol. The van der Waals surface area contributed by atoms with Crippen molar-refractivity contribution in [2.75, 3.05) is 24.6 Å². The molecule has 0 fully saturated rings. The van der Waals surface area contributed by atoms with Gasteiger partial charge in [0, 0.05) is 6.54 Å². The first-order chi connectivity index (χ1) is 8.88. The van der Waals surface area contributed by atoms with Gasteiger partial charge in [-0.05, 0) is 13.3 Å². The molecule has 0 bridgehead atoms. The number of carbonyl (C=O) groups is 1. The van der Waals surface area contributed by atoms with Crippen LogP contribution >= 0.6 is 11.3 Å². The molecule has 1 heterocycles. The lowest BCUT2D eigenvalue weighted by molar-refractivity contribution is -0.141. The minimum absolute atomic E-state index is 0.0715. The van der Waals surface area contributed by atoms with Crippen LogP contribution in [0.15, 0.2) is 0 Å². The standard InChI is InChI=1S/C10H14F3N3O2S/c1-3-5-16(6-7(17)18-4-2)9-15-14-8(19-9)10(11,12)13/h3-6H2,1-2H3. The summed E-state index contributed by atoms with van der Waals surface area (Å²) in [7, 11) is 0. The molecule has 1 aromatic heterocycles. The molecule has 0 aliphatic heterocycles. The fourth-order valence-corrected chi connectivity index (χ4v) is 2.07. The molecule has 0 saturated heterocycles. The first-order valence-electron chi connectivity index (χ1n) is 5.69. The Labute approximate surface area is 112 Å². The van der Waals surface area contributed by atoms with E-state index in [2.05, 4.69) is 10.2 Å². The molecule has 0 aromatic carbocycles. The first-order valence-corrected chi connectivity index (χ1v) is 6.51. The summed E-state index contributed by atoms with van der Waals surface area (Å²) in [6.07, 6.45) is -3.85. The first kappa shape index (κ1) is 15.7. The normalized spacial score (nSPS) is 11.4. The van der Waals surface area contributed by atoms with Crippen LogP contribution in [0.3, 0.4) is 0 Å². The highest BCUT2D eigenvalue weighted by molar-refractivity contribution is 7.15. The minimum atomic E-state index is -4.52. The average Bonchev–Trinajstić information content (AvgIpc) is 2.77. The molecule has 0 spiro atoms. The fourth-order valence-electron chi connectivity index (χ4n) is 1.33. The van der Waals surface area contributed by atoms with E-state index < -0.39 is 17.2 Å². The minimum Gasteiger partial charge on any atom is -0.465 e. The highest BCUT2D eigenvalue weighted by Gasteiger charge is 2.36. The second-order valence-electron chi connectivity index (χ2n) is 3.61. The van der Waals surface area contributed by atoms with Crippen LogP contribution in [0.25, 0.3) is 0 Å². The summed E-state index contributed by atoms with van der Waals surface area (Å²) >= 11 is 0.419. The number of carbonyl (C=O) groups excluding carboxylic acids is 1. The van der Waals surface area contributed by atoms with Gasteiger partial charge in [0.25, 0.3) is 0 Å². The van der Waals surface area contributed by atoms with Crippen LogP contribution in [-0.4, -0.2) is 35.9 Å². The zero-order valence-corrected chi connectivity index (χ0v) is 11.3. The van der Waals surface area contributed by atoms with Crippen molar-refractivity contribution in [3.05, 3.63) is 5.01 Å². The topological polar surface area (TPSA) is 55.3 Å². The van der Waals surface area contributed by atoms with Crippen LogP contribution in [0.2, 0.25) is 0 Å². The second kappa shape index (κ2) is 6.69. The Kier molecular flexibility index (Phi) is 5.52. The zero-order chi connectivity index (χ0) is 14.5. The lowest BCUT2D eigenvalue weighted by Gasteiger charge is -2.19. The van der Waals surface area contributed by atoms with Crippen LogP contribution < -0.4 is 4.90 Å². The molecule has 0 saturated carbocycles. The number of anilines is 1. The summed E-state index contributed by atoms with van der Waals surface area (Å²) in [6, 6.07) is 0. The van der Waals surface area contributed by atoms with Crippen LogP contribution in [0.4, 0.5) is 18.3 Å². The Morgan fingerprint density at radius 2 is 2.05 bits per heavy atom. The van der Waals surface area contributed by atoms with Crippen molar-refractivity contribution in [2.45, 2.75) is 26.4 Å². The maximum Gasteiger partial charge on any atom is 0.445 e. The van der Waals surface area contributed by atoms with Crippen molar-refractivity contribution in [3.8, 4) is 0 Å². The molecule has 0 atom stereocenters. The van der Waals surface area contributed by atoms with Crippen molar-refractivity contribution in [1.82, 2.24) is 10.2 Å². The summed E-state index contributed by atoms with van der Waals surface area (Å²) in [6.45, 7) is 4.01. The summed E-state index contributed by atoms with van der Waals surface area (Å²) in [5.41, 5.74) is 0. The van der Waals surface area contributed by atoms with Crippen LogP contribution in [0.5, 0.6) is 0 Å². The monoisotopic (exact) mass is 297 g/mol. The van der Waals surface area contributed by atoms with Crippen molar-refractivity contribution < 1.29 is 22.7 Å². The van der Waals surface area contributed by atoms with Gasteiger partial charge in [0.2, 0.25) is 10.1 Å². The molecule has 19 heavy (non-hydrogen) atoms. The number of hydrogen-bond acceptors (Lipinski definition) is 6. The maximum absolute atomic E-state index is 12.4. The molecule has 0 unspecified atom stereocenters. The van der Waals surface area contributed by atoms with E-state index >= 15 is 0 Å². The van der Waals surface area contributed by atoms with Gasteiger partial charge in [-0.25, -0.2) is 0 Å². The Balaban J connectivity index is 2.81. The van der Waals surface area contributed by atoms with E-state index in [1.54, 1.807) is 6.92 Å².